The molecule has 0 aliphatic rings. The quantitative estimate of drug-likeness (QED) is 0.598. The molecule has 0 aliphatic heterocycles. The summed E-state index contributed by atoms with van der Waals surface area (Å²) in [6, 6.07) is 2.59. The van der Waals surface area contributed by atoms with Gasteiger partial charge in [-0.15, -0.1) is 11.3 Å². The molecule has 1 aromatic carbocycles. The van der Waals surface area contributed by atoms with Crippen molar-refractivity contribution in [1.29, 1.82) is 0 Å². The minimum Gasteiger partial charge on any atom is -0.465 e. The number of ether oxygens (including phenoxy) is 4. The zero-order chi connectivity index (χ0) is 18.7. The first kappa shape index (κ1) is 18.4. The van der Waals surface area contributed by atoms with Crippen molar-refractivity contribution in [2.75, 3.05) is 28.4 Å². The van der Waals surface area contributed by atoms with E-state index in [1.54, 1.807) is 0 Å². The van der Waals surface area contributed by atoms with Crippen LogP contribution in [0.25, 0.3) is 10.8 Å². The van der Waals surface area contributed by atoms with Gasteiger partial charge in [-0.2, -0.15) is 0 Å². The normalized spacial score (nSPS) is 10.2. The van der Waals surface area contributed by atoms with Crippen LogP contribution in [0.3, 0.4) is 0 Å². The summed E-state index contributed by atoms with van der Waals surface area (Å²) in [5.74, 6) is -2.95. The van der Waals surface area contributed by atoms with Crippen LogP contribution in [0.2, 0.25) is 0 Å². The summed E-state index contributed by atoms with van der Waals surface area (Å²) in [5, 5.41) is 0.538. The predicted octanol–water partition coefficient (Wildman–Crippen LogP) is 2.05. The Morgan fingerprint density at radius 3 is 1.24 bits per heavy atom. The largest absolute Gasteiger partial charge is 0.465 e. The Kier molecular flexibility index (Phi) is 5.38. The molecule has 8 nitrogen and oxygen atoms in total. The number of methoxy groups -OCH3 is 4. The molecule has 0 amide bonds. The molecule has 1 aromatic heterocycles. The van der Waals surface area contributed by atoms with Crippen molar-refractivity contribution in [1.82, 2.24) is 0 Å². The molecule has 0 unspecified atom stereocenters. The smallest absolute Gasteiger partial charge is 0.348 e. The van der Waals surface area contributed by atoms with E-state index in [4.69, 9.17) is 9.47 Å². The first-order valence-electron chi connectivity index (χ1n) is 6.83. The standard InChI is InChI=1S/C16H14O8S/c1-21-13(17)9-5-7-8(6-10(9)14(18)22-2)12(16(20)24-4)25-11(7)15(19)23-3/h5-6H,1-4H3. The van der Waals surface area contributed by atoms with Gasteiger partial charge in [-0.25, -0.2) is 19.2 Å². The van der Waals surface area contributed by atoms with Crippen LogP contribution >= 0.6 is 11.3 Å². The lowest BCUT2D eigenvalue weighted by molar-refractivity contribution is 0.0555. The van der Waals surface area contributed by atoms with Gasteiger partial charge in [-0.3, -0.25) is 0 Å². The fourth-order valence-corrected chi connectivity index (χ4v) is 3.33. The molecule has 0 saturated heterocycles. The van der Waals surface area contributed by atoms with Crippen molar-refractivity contribution in [2.45, 2.75) is 0 Å². The van der Waals surface area contributed by atoms with E-state index in [1.165, 1.54) is 26.4 Å². The molecule has 0 atom stereocenters. The molecule has 0 N–H and O–H groups in total. The number of fused-ring (bicyclic) bond motifs is 1. The number of rotatable bonds is 4. The van der Waals surface area contributed by atoms with Gasteiger partial charge in [0, 0.05) is 10.8 Å². The monoisotopic (exact) mass is 366 g/mol. The number of carbonyl (C=O) groups excluding carboxylic acids is 4. The Bertz CT molecular complexity index is 810. The molecule has 0 bridgehead atoms. The molecule has 0 spiro atoms. The maximum atomic E-state index is 12.0. The highest BCUT2D eigenvalue weighted by molar-refractivity contribution is 7.17. The molecule has 1 heterocycles. The van der Waals surface area contributed by atoms with E-state index in [2.05, 4.69) is 9.47 Å². The molecule has 0 aliphatic carbocycles. The van der Waals surface area contributed by atoms with E-state index in [9.17, 15) is 19.2 Å². The third-order valence-electron chi connectivity index (χ3n) is 3.40. The van der Waals surface area contributed by atoms with Crippen molar-refractivity contribution in [3.8, 4) is 0 Å². The second-order valence-electron chi connectivity index (χ2n) is 4.67. The van der Waals surface area contributed by atoms with Gasteiger partial charge in [0.25, 0.3) is 0 Å². The fourth-order valence-electron chi connectivity index (χ4n) is 2.23. The molecule has 2 rings (SSSR count). The highest BCUT2D eigenvalue weighted by Gasteiger charge is 2.27. The molecular formula is C16H14O8S. The maximum absolute atomic E-state index is 12.0. The molecule has 25 heavy (non-hydrogen) atoms. The average molecular weight is 366 g/mol. The van der Waals surface area contributed by atoms with Crippen molar-refractivity contribution in [3.63, 3.8) is 0 Å². The SMILES string of the molecule is COC(=O)c1cc2c(C(=O)OC)sc(C(=O)OC)c2cc1C(=O)OC. The fraction of sp³-hybridized carbons (Fsp3) is 0.250. The lowest BCUT2D eigenvalue weighted by Gasteiger charge is -2.08. The van der Waals surface area contributed by atoms with Gasteiger partial charge < -0.3 is 18.9 Å². The van der Waals surface area contributed by atoms with Crippen molar-refractivity contribution >= 4 is 46.0 Å². The molecule has 0 radical (unpaired) electrons. The molecule has 2 aromatic rings. The van der Waals surface area contributed by atoms with E-state index < -0.39 is 23.9 Å². The highest BCUT2D eigenvalue weighted by atomic mass is 32.1. The van der Waals surface area contributed by atoms with Crippen LogP contribution in [0, 0.1) is 0 Å². The van der Waals surface area contributed by atoms with E-state index >= 15 is 0 Å². The lowest BCUT2D eigenvalue weighted by atomic mass is 10.0. The number of esters is 4. The van der Waals surface area contributed by atoms with Crippen LogP contribution in [-0.2, 0) is 18.9 Å². The summed E-state index contributed by atoms with van der Waals surface area (Å²) in [5.41, 5.74) is -0.192. The second-order valence-corrected chi connectivity index (χ2v) is 5.69. The Morgan fingerprint density at radius 1 is 0.640 bits per heavy atom. The number of hydrogen-bond donors (Lipinski definition) is 0. The Labute approximate surface area is 146 Å². The zero-order valence-electron chi connectivity index (χ0n) is 13.8. The van der Waals surface area contributed by atoms with Crippen molar-refractivity contribution in [3.05, 3.63) is 33.0 Å². The highest BCUT2D eigenvalue weighted by Crippen LogP contribution is 2.35. The summed E-state index contributed by atoms with van der Waals surface area (Å²) in [4.78, 5) is 48.2. The number of carbonyl (C=O) groups is 4. The van der Waals surface area contributed by atoms with Crippen molar-refractivity contribution < 1.29 is 38.1 Å². The maximum Gasteiger partial charge on any atom is 0.348 e. The van der Waals surface area contributed by atoms with Crippen LogP contribution in [-0.4, -0.2) is 52.3 Å². The van der Waals surface area contributed by atoms with E-state index in [1.807, 2.05) is 0 Å². The molecule has 0 fully saturated rings. The number of benzene rings is 1. The van der Waals surface area contributed by atoms with Gasteiger partial charge in [0.1, 0.15) is 9.75 Å². The van der Waals surface area contributed by atoms with E-state index in [0.717, 1.165) is 25.6 Å². The molecule has 0 saturated carbocycles. The minimum atomic E-state index is -0.788. The summed E-state index contributed by atoms with van der Waals surface area (Å²) >= 11 is 0.841. The summed E-state index contributed by atoms with van der Waals surface area (Å²) < 4.78 is 18.8. The van der Waals surface area contributed by atoms with Gasteiger partial charge in [0.15, 0.2) is 0 Å². The van der Waals surface area contributed by atoms with Crippen LogP contribution in [0.5, 0.6) is 0 Å². The van der Waals surface area contributed by atoms with Gasteiger partial charge in [0.2, 0.25) is 0 Å². The summed E-state index contributed by atoms with van der Waals surface area (Å²) in [6.07, 6.45) is 0. The molecular weight excluding hydrogens is 352 g/mol. The first-order valence-corrected chi connectivity index (χ1v) is 7.65. The third kappa shape index (κ3) is 3.18. The zero-order valence-corrected chi connectivity index (χ0v) is 14.6. The number of hydrogen-bond acceptors (Lipinski definition) is 9. The Morgan fingerprint density at radius 2 is 0.960 bits per heavy atom. The topological polar surface area (TPSA) is 105 Å². The van der Waals surface area contributed by atoms with Crippen molar-refractivity contribution in [2.24, 2.45) is 0 Å². The summed E-state index contributed by atoms with van der Waals surface area (Å²) in [7, 11) is 4.69. The van der Waals surface area contributed by atoms with E-state index in [0.29, 0.717) is 0 Å². The van der Waals surface area contributed by atoms with E-state index in [-0.39, 0.29) is 31.7 Å². The third-order valence-corrected chi connectivity index (χ3v) is 4.58. The Hall–Kier alpha value is -2.94. The van der Waals surface area contributed by atoms with Gasteiger partial charge in [0.05, 0.1) is 39.6 Å². The van der Waals surface area contributed by atoms with Crippen LogP contribution < -0.4 is 0 Å². The van der Waals surface area contributed by atoms with Crippen LogP contribution in [0.4, 0.5) is 0 Å². The van der Waals surface area contributed by atoms with Gasteiger partial charge in [-0.1, -0.05) is 0 Å². The minimum absolute atomic E-state index is 0.0961. The van der Waals surface area contributed by atoms with Crippen LogP contribution in [0.1, 0.15) is 40.1 Å². The van der Waals surface area contributed by atoms with Crippen LogP contribution in [0.15, 0.2) is 12.1 Å². The summed E-state index contributed by atoms with van der Waals surface area (Å²) in [6.45, 7) is 0. The van der Waals surface area contributed by atoms with Gasteiger partial charge in [-0.05, 0) is 12.1 Å². The predicted molar refractivity (Wildman–Crippen MR) is 87.2 cm³/mol. The second kappa shape index (κ2) is 7.31. The Balaban J connectivity index is 2.91. The average Bonchev–Trinajstić information content (AvgIpc) is 3.02. The van der Waals surface area contributed by atoms with Gasteiger partial charge >= 0.3 is 23.9 Å². The number of thiophene rings is 1. The molecule has 9 heteroatoms. The first-order chi connectivity index (χ1) is 11.9. The molecule has 132 valence electrons. The lowest BCUT2D eigenvalue weighted by Crippen LogP contribution is -2.12.